The van der Waals surface area contributed by atoms with Gasteiger partial charge in [0.25, 0.3) is 0 Å². The maximum Gasteiger partial charge on any atom is 0.343 e. The molecule has 1 aromatic carbocycles. The number of rotatable bonds is 3. The van der Waals surface area contributed by atoms with Crippen LogP contribution in [-0.2, 0) is 20.7 Å². The van der Waals surface area contributed by atoms with Crippen LogP contribution >= 0.6 is 15.9 Å². The van der Waals surface area contributed by atoms with E-state index in [1.54, 1.807) is 19.2 Å². The summed E-state index contributed by atoms with van der Waals surface area (Å²) < 4.78 is 5.67. The Kier molecular flexibility index (Phi) is 4.67. The maximum atomic E-state index is 12.5. The second kappa shape index (κ2) is 6.59. The molecule has 0 radical (unpaired) electrons. The number of benzene rings is 1. The Morgan fingerprint density at radius 3 is 2.79 bits per heavy atom. The van der Waals surface area contributed by atoms with Gasteiger partial charge in [0.1, 0.15) is 11.3 Å². The van der Waals surface area contributed by atoms with Crippen LogP contribution < -0.4 is 0 Å². The summed E-state index contributed by atoms with van der Waals surface area (Å²) in [7, 11) is 0. The largest absolute Gasteiger partial charge is 0.507 e. The van der Waals surface area contributed by atoms with E-state index >= 15 is 0 Å². The van der Waals surface area contributed by atoms with E-state index < -0.39 is 5.97 Å². The molecule has 2 unspecified atom stereocenters. The Morgan fingerprint density at radius 1 is 1.38 bits per heavy atom. The first kappa shape index (κ1) is 17.0. The summed E-state index contributed by atoms with van der Waals surface area (Å²) in [6.45, 7) is 4.06. The number of halogens is 1. The molecule has 0 amide bonds. The molecule has 24 heavy (non-hydrogen) atoms. The van der Waals surface area contributed by atoms with Gasteiger partial charge < -0.3 is 14.7 Å². The van der Waals surface area contributed by atoms with Crippen LogP contribution in [0.3, 0.4) is 0 Å². The molecule has 2 aliphatic rings. The minimum atomic E-state index is -0.555. The van der Waals surface area contributed by atoms with Crippen LogP contribution in [0.1, 0.15) is 43.9 Å². The van der Waals surface area contributed by atoms with Crippen molar-refractivity contribution < 1.29 is 19.4 Å². The number of ether oxygens (including phenoxy) is 1. The van der Waals surface area contributed by atoms with Crippen molar-refractivity contribution in [2.75, 3.05) is 6.61 Å². The first-order chi connectivity index (χ1) is 11.5. The van der Waals surface area contributed by atoms with Gasteiger partial charge in [0.2, 0.25) is 0 Å². The Labute approximate surface area is 149 Å². The molecule has 5 nitrogen and oxygen atoms in total. The van der Waals surface area contributed by atoms with Crippen LogP contribution in [0.4, 0.5) is 0 Å². The molecule has 0 saturated heterocycles. The highest BCUT2D eigenvalue weighted by Gasteiger charge is 2.39. The SMILES string of the molecule is CCOC(=O)C1=CN2C(CC)Cc3cc(Br)c(O)cc3C2CC1=O. The van der Waals surface area contributed by atoms with Gasteiger partial charge in [-0.2, -0.15) is 0 Å². The molecule has 1 N–H and O–H groups in total. The number of hydrogen-bond acceptors (Lipinski definition) is 5. The highest BCUT2D eigenvalue weighted by atomic mass is 79.9. The van der Waals surface area contributed by atoms with E-state index in [1.165, 1.54) is 0 Å². The highest BCUT2D eigenvalue weighted by Crippen LogP contribution is 2.43. The van der Waals surface area contributed by atoms with Crippen LogP contribution in [0.25, 0.3) is 0 Å². The van der Waals surface area contributed by atoms with E-state index in [0.717, 1.165) is 24.0 Å². The van der Waals surface area contributed by atoms with Gasteiger partial charge in [-0.1, -0.05) is 6.92 Å². The number of hydrogen-bond donors (Lipinski definition) is 1. The number of carbonyl (C=O) groups is 2. The van der Waals surface area contributed by atoms with Crippen molar-refractivity contribution in [1.29, 1.82) is 0 Å². The van der Waals surface area contributed by atoms with Gasteiger partial charge in [0.05, 0.1) is 17.1 Å². The third kappa shape index (κ3) is 2.83. The average Bonchev–Trinajstić information content (AvgIpc) is 2.55. The third-order valence-corrected chi connectivity index (χ3v) is 5.36. The van der Waals surface area contributed by atoms with Crippen molar-refractivity contribution in [3.63, 3.8) is 0 Å². The van der Waals surface area contributed by atoms with Gasteiger partial charge in [-0.15, -0.1) is 0 Å². The number of nitrogens with zero attached hydrogens (tertiary/aromatic N) is 1. The smallest absolute Gasteiger partial charge is 0.343 e. The van der Waals surface area contributed by atoms with Gasteiger partial charge in [0, 0.05) is 18.7 Å². The molecule has 0 spiro atoms. The number of aromatic hydroxyl groups is 1. The molecule has 3 rings (SSSR count). The van der Waals surface area contributed by atoms with Crippen LogP contribution in [0.15, 0.2) is 28.4 Å². The maximum absolute atomic E-state index is 12.5. The molecular weight excluding hydrogens is 374 g/mol. The lowest BCUT2D eigenvalue weighted by Gasteiger charge is -2.45. The van der Waals surface area contributed by atoms with Crippen molar-refractivity contribution in [3.05, 3.63) is 39.5 Å². The molecule has 2 aliphatic heterocycles. The normalized spacial score (nSPS) is 22.5. The fraction of sp³-hybridized carbons (Fsp3) is 0.444. The zero-order chi connectivity index (χ0) is 17.4. The molecule has 0 aromatic heterocycles. The Hall–Kier alpha value is -1.82. The van der Waals surface area contributed by atoms with Gasteiger partial charge in [0.15, 0.2) is 5.78 Å². The molecule has 2 atom stereocenters. The van der Waals surface area contributed by atoms with Crippen molar-refractivity contribution >= 4 is 27.7 Å². The Bertz CT molecular complexity index is 728. The summed E-state index contributed by atoms with van der Waals surface area (Å²) in [4.78, 5) is 26.6. The highest BCUT2D eigenvalue weighted by molar-refractivity contribution is 9.10. The van der Waals surface area contributed by atoms with E-state index in [2.05, 4.69) is 27.8 Å². The molecule has 0 aliphatic carbocycles. The zero-order valence-electron chi connectivity index (χ0n) is 13.7. The Morgan fingerprint density at radius 2 is 2.12 bits per heavy atom. The molecule has 0 fully saturated rings. The predicted molar refractivity (Wildman–Crippen MR) is 92.5 cm³/mol. The second-order valence-electron chi connectivity index (χ2n) is 6.12. The summed E-state index contributed by atoms with van der Waals surface area (Å²) >= 11 is 3.36. The number of phenols is 1. The number of ketones is 1. The molecule has 128 valence electrons. The van der Waals surface area contributed by atoms with Crippen molar-refractivity contribution in [2.45, 2.75) is 45.2 Å². The zero-order valence-corrected chi connectivity index (χ0v) is 15.3. The summed E-state index contributed by atoms with van der Waals surface area (Å²) in [5.41, 5.74) is 2.21. The average molecular weight is 394 g/mol. The molecule has 1 aromatic rings. The van der Waals surface area contributed by atoms with E-state index in [1.807, 2.05) is 6.07 Å². The van der Waals surface area contributed by atoms with Crippen LogP contribution in [-0.4, -0.2) is 34.4 Å². The monoisotopic (exact) mass is 393 g/mol. The number of esters is 1. The minimum Gasteiger partial charge on any atom is -0.507 e. The standard InChI is InChI=1S/C18H20BrNO4/c1-3-11-5-10-6-14(19)17(22)7-12(10)15-8-16(21)13(9-20(11)15)18(23)24-4-2/h6-7,9,11,15,22H,3-5,8H2,1-2H3. The summed E-state index contributed by atoms with van der Waals surface area (Å²) in [5, 5.41) is 10.0. The van der Waals surface area contributed by atoms with Gasteiger partial charge >= 0.3 is 5.97 Å². The number of Topliss-reactive ketones (excluding diaryl/α,β-unsaturated/α-hetero) is 1. The van der Waals surface area contributed by atoms with E-state index in [0.29, 0.717) is 4.47 Å². The van der Waals surface area contributed by atoms with Gasteiger partial charge in [-0.05, 0) is 59.0 Å². The van der Waals surface area contributed by atoms with E-state index in [-0.39, 0.29) is 42.2 Å². The quantitative estimate of drug-likeness (QED) is 0.630. The van der Waals surface area contributed by atoms with Crippen molar-refractivity contribution in [2.24, 2.45) is 0 Å². The topological polar surface area (TPSA) is 66.8 Å². The molecule has 0 bridgehead atoms. The van der Waals surface area contributed by atoms with Crippen LogP contribution in [0, 0.1) is 0 Å². The van der Waals surface area contributed by atoms with E-state index in [4.69, 9.17) is 4.74 Å². The molecule has 2 heterocycles. The van der Waals surface area contributed by atoms with Gasteiger partial charge in [-0.25, -0.2) is 4.79 Å². The number of phenolic OH excluding ortho intramolecular Hbond substituents is 1. The number of carbonyl (C=O) groups excluding carboxylic acids is 2. The number of fused-ring (bicyclic) bond motifs is 3. The van der Waals surface area contributed by atoms with Crippen LogP contribution in [0.2, 0.25) is 0 Å². The summed E-state index contributed by atoms with van der Waals surface area (Å²) in [6.07, 6.45) is 3.58. The van der Waals surface area contributed by atoms with Crippen molar-refractivity contribution in [3.8, 4) is 5.75 Å². The molecule has 6 heteroatoms. The summed E-state index contributed by atoms with van der Waals surface area (Å²) in [5.74, 6) is -0.601. The first-order valence-corrected chi connectivity index (χ1v) is 8.96. The predicted octanol–water partition coefficient (Wildman–Crippen LogP) is 3.25. The Balaban J connectivity index is 2.05. The molecule has 0 saturated carbocycles. The van der Waals surface area contributed by atoms with Crippen LogP contribution in [0.5, 0.6) is 5.75 Å². The van der Waals surface area contributed by atoms with Gasteiger partial charge in [-0.3, -0.25) is 4.79 Å². The molecular formula is C18H20BrNO4. The van der Waals surface area contributed by atoms with Crippen molar-refractivity contribution in [1.82, 2.24) is 4.90 Å². The lowest BCUT2D eigenvalue weighted by Crippen LogP contribution is -2.44. The minimum absolute atomic E-state index is 0.122. The first-order valence-electron chi connectivity index (χ1n) is 8.17. The fourth-order valence-corrected chi connectivity index (χ4v) is 3.92. The third-order valence-electron chi connectivity index (χ3n) is 4.73. The fourth-order valence-electron chi connectivity index (χ4n) is 3.53. The van der Waals surface area contributed by atoms with E-state index in [9.17, 15) is 14.7 Å². The second-order valence-corrected chi connectivity index (χ2v) is 6.98. The lowest BCUT2D eigenvalue weighted by molar-refractivity contribution is -0.140. The lowest BCUT2D eigenvalue weighted by atomic mass is 9.82. The summed E-state index contributed by atoms with van der Waals surface area (Å²) in [6, 6.07) is 3.71.